The number of carbonyl (C=O) groups is 3. The Bertz CT molecular complexity index is 598. The molecule has 2 amide bonds. The molecule has 110 valence electrons. The lowest BCUT2D eigenvalue weighted by atomic mass is 10.1. The van der Waals surface area contributed by atoms with E-state index < -0.39 is 17.9 Å². The smallest absolute Gasteiger partial charge is 0.328 e. The Balaban J connectivity index is 2.15. The van der Waals surface area contributed by atoms with E-state index in [0.29, 0.717) is 18.5 Å². The van der Waals surface area contributed by atoms with Gasteiger partial charge in [-0.1, -0.05) is 6.07 Å². The Morgan fingerprint density at radius 2 is 2.29 bits per heavy atom. The van der Waals surface area contributed by atoms with Gasteiger partial charge in [-0.05, 0) is 25.0 Å². The summed E-state index contributed by atoms with van der Waals surface area (Å²) in [6, 6.07) is 2.61. The molecule has 0 saturated carbocycles. The number of pyridine rings is 1. The van der Waals surface area contributed by atoms with Crippen LogP contribution in [0.1, 0.15) is 28.9 Å². The van der Waals surface area contributed by atoms with Gasteiger partial charge < -0.3 is 15.7 Å². The lowest BCUT2D eigenvalue weighted by Crippen LogP contribution is -2.50. The van der Waals surface area contributed by atoms with Crippen LogP contribution in [-0.4, -0.2) is 40.5 Å². The summed E-state index contributed by atoms with van der Waals surface area (Å²) in [6.07, 6.45) is 5.04. The Hall–Kier alpha value is -2.70. The SMILES string of the molecule is O=C(O)/C=C/c1cccnc1C(=O)NC1CCCNC1=O. The maximum absolute atomic E-state index is 12.2. The van der Waals surface area contributed by atoms with Crippen molar-refractivity contribution in [3.05, 3.63) is 35.7 Å². The first-order chi connectivity index (χ1) is 10.1. The van der Waals surface area contributed by atoms with Gasteiger partial charge in [0.2, 0.25) is 5.91 Å². The molecular weight excluding hydrogens is 274 g/mol. The van der Waals surface area contributed by atoms with Crippen LogP contribution in [0.2, 0.25) is 0 Å². The third-order valence-corrected chi connectivity index (χ3v) is 3.05. The lowest BCUT2D eigenvalue weighted by Gasteiger charge is -2.22. The number of carbonyl (C=O) groups excluding carboxylic acids is 2. The van der Waals surface area contributed by atoms with Crippen molar-refractivity contribution in [2.24, 2.45) is 0 Å². The molecule has 1 aromatic heterocycles. The second-order valence-electron chi connectivity index (χ2n) is 4.57. The van der Waals surface area contributed by atoms with Gasteiger partial charge in [0, 0.05) is 24.4 Å². The van der Waals surface area contributed by atoms with Gasteiger partial charge in [-0.2, -0.15) is 0 Å². The van der Waals surface area contributed by atoms with Gasteiger partial charge in [-0.3, -0.25) is 14.6 Å². The van der Waals surface area contributed by atoms with Gasteiger partial charge in [0.1, 0.15) is 11.7 Å². The molecule has 21 heavy (non-hydrogen) atoms. The highest BCUT2D eigenvalue weighted by Crippen LogP contribution is 2.10. The van der Waals surface area contributed by atoms with Crippen molar-refractivity contribution in [2.75, 3.05) is 6.54 Å². The van der Waals surface area contributed by atoms with Crippen LogP contribution in [0.15, 0.2) is 24.4 Å². The van der Waals surface area contributed by atoms with Crippen molar-refractivity contribution in [1.29, 1.82) is 0 Å². The highest BCUT2D eigenvalue weighted by molar-refractivity contribution is 5.99. The Kier molecular flexibility index (Phi) is 4.65. The summed E-state index contributed by atoms with van der Waals surface area (Å²) in [5.74, 6) is -1.83. The highest BCUT2D eigenvalue weighted by atomic mass is 16.4. The van der Waals surface area contributed by atoms with Crippen molar-refractivity contribution in [3.63, 3.8) is 0 Å². The van der Waals surface area contributed by atoms with Crippen LogP contribution >= 0.6 is 0 Å². The van der Waals surface area contributed by atoms with E-state index in [-0.39, 0.29) is 11.6 Å². The minimum absolute atomic E-state index is 0.0911. The van der Waals surface area contributed by atoms with Crippen LogP contribution in [0.3, 0.4) is 0 Å². The normalized spacial score (nSPS) is 18.3. The molecule has 1 aliphatic heterocycles. The molecule has 2 heterocycles. The average molecular weight is 289 g/mol. The zero-order valence-electron chi connectivity index (χ0n) is 11.2. The second kappa shape index (κ2) is 6.65. The van der Waals surface area contributed by atoms with E-state index in [9.17, 15) is 14.4 Å². The third kappa shape index (κ3) is 3.88. The number of aromatic nitrogens is 1. The second-order valence-corrected chi connectivity index (χ2v) is 4.57. The number of nitrogens with one attached hydrogen (secondary N) is 2. The fourth-order valence-corrected chi connectivity index (χ4v) is 2.04. The quantitative estimate of drug-likeness (QED) is 0.686. The summed E-state index contributed by atoms with van der Waals surface area (Å²) in [4.78, 5) is 38.3. The fraction of sp³-hybridized carbons (Fsp3) is 0.286. The van der Waals surface area contributed by atoms with Crippen LogP contribution in [0.4, 0.5) is 0 Å². The maximum Gasteiger partial charge on any atom is 0.328 e. The molecule has 1 atom stereocenters. The van der Waals surface area contributed by atoms with Gasteiger partial charge in [0.25, 0.3) is 5.91 Å². The summed E-state index contributed by atoms with van der Waals surface area (Å²) >= 11 is 0. The van der Waals surface area contributed by atoms with E-state index in [2.05, 4.69) is 15.6 Å². The number of amides is 2. The lowest BCUT2D eigenvalue weighted by molar-refractivity contribution is -0.131. The number of hydrogen-bond donors (Lipinski definition) is 3. The Morgan fingerprint density at radius 1 is 1.48 bits per heavy atom. The highest BCUT2D eigenvalue weighted by Gasteiger charge is 2.25. The van der Waals surface area contributed by atoms with Crippen LogP contribution in [0, 0.1) is 0 Å². The number of nitrogens with zero attached hydrogens (tertiary/aromatic N) is 1. The molecule has 0 aromatic carbocycles. The minimum atomic E-state index is -1.11. The first kappa shape index (κ1) is 14.7. The summed E-state index contributed by atoms with van der Waals surface area (Å²) in [7, 11) is 0. The van der Waals surface area contributed by atoms with Gasteiger partial charge in [0.05, 0.1) is 0 Å². The molecule has 0 aliphatic carbocycles. The van der Waals surface area contributed by atoms with Crippen LogP contribution in [0.5, 0.6) is 0 Å². The van der Waals surface area contributed by atoms with E-state index in [1.165, 1.54) is 12.3 Å². The van der Waals surface area contributed by atoms with Crippen LogP contribution in [-0.2, 0) is 9.59 Å². The summed E-state index contributed by atoms with van der Waals surface area (Å²) in [5.41, 5.74) is 0.474. The molecule has 3 N–H and O–H groups in total. The summed E-state index contributed by atoms with van der Waals surface area (Å²) in [6.45, 7) is 0.612. The fourth-order valence-electron chi connectivity index (χ4n) is 2.04. The van der Waals surface area contributed by atoms with Gasteiger partial charge in [-0.25, -0.2) is 4.79 Å². The number of aliphatic carboxylic acids is 1. The zero-order chi connectivity index (χ0) is 15.2. The van der Waals surface area contributed by atoms with E-state index in [4.69, 9.17) is 5.11 Å². The predicted molar refractivity (Wildman–Crippen MR) is 74.4 cm³/mol. The summed E-state index contributed by atoms with van der Waals surface area (Å²) in [5, 5.41) is 13.9. The maximum atomic E-state index is 12.2. The molecule has 7 nitrogen and oxygen atoms in total. The molecule has 0 bridgehead atoms. The molecule has 1 unspecified atom stereocenters. The van der Waals surface area contributed by atoms with E-state index >= 15 is 0 Å². The number of carboxylic acid groups (broad SMARTS) is 1. The van der Waals surface area contributed by atoms with Gasteiger partial charge in [0.15, 0.2) is 0 Å². The van der Waals surface area contributed by atoms with E-state index in [1.807, 2.05) is 0 Å². The molecule has 1 aromatic rings. The summed E-state index contributed by atoms with van der Waals surface area (Å²) < 4.78 is 0. The molecule has 7 heteroatoms. The van der Waals surface area contributed by atoms with Crippen molar-refractivity contribution < 1.29 is 19.5 Å². The molecule has 0 radical (unpaired) electrons. The van der Waals surface area contributed by atoms with Crippen molar-refractivity contribution in [2.45, 2.75) is 18.9 Å². The number of carboxylic acids is 1. The van der Waals surface area contributed by atoms with E-state index in [1.54, 1.807) is 12.1 Å². The van der Waals surface area contributed by atoms with Crippen LogP contribution < -0.4 is 10.6 Å². The third-order valence-electron chi connectivity index (χ3n) is 3.05. The Morgan fingerprint density at radius 3 is 3.00 bits per heavy atom. The monoisotopic (exact) mass is 289 g/mol. The van der Waals surface area contributed by atoms with Crippen molar-refractivity contribution >= 4 is 23.9 Å². The average Bonchev–Trinajstić information content (AvgIpc) is 2.47. The number of piperidine rings is 1. The standard InChI is InChI=1S/C14H15N3O4/c18-11(19)6-5-9-3-1-7-15-12(9)14(21)17-10-4-2-8-16-13(10)20/h1,3,5-7,10H,2,4,8H2,(H,16,20)(H,17,21)(H,18,19)/b6-5+. The molecule has 1 aliphatic rings. The van der Waals surface area contributed by atoms with Crippen LogP contribution in [0.25, 0.3) is 6.08 Å². The van der Waals surface area contributed by atoms with Gasteiger partial charge in [-0.15, -0.1) is 0 Å². The topological polar surface area (TPSA) is 108 Å². The zero-order valence-corrected chi connectivity index (χ0v) is 11.2. The molecule has 1 saturated heterocycles. The first-order valence-corrected chi connectivity index (χ1v) is 6.52. The van der Waals surface area contributed by atoms with Crippen molar-refractivity contribution in [1.82, 2.24) is 15.6 Å². The molecule has 2 rings (SSSR count). The predicted octanol–water partition coefficient (Wildman–Crippen LogP) is 0.188. The molecule has 0 spiro atoms. The first-order valence-electron chi connectivity index (χ1n) is 6.52. The largest absolute Gasteiger partial charge is 0.478 e. The molecule has 1 fully saturated rings. The van der Waals surface area contributed by atoms with Crippen molar-refractivity contribution in [3.8, 4) is 0 Å². The van der Waals surface area contributed by atoms with Gasteiger partial charge >= 0.3 is 5.97 Å². The van der Waals surface area contributed by atoms with E-state index in [0.717, 1.165) is 12.5 Å². The Labute approximate surface area is 121 Å². The number of rotatable bonds is 4. The number of hydrogen-bond acceptors (Lipinski definition) is 4. The minimum Gasteiger partial charge on any atom is -0.478 e. The molecular formula is C14H15N3O4.